The molecule has 2 unspecified atom stereocenters. The van der Waals surface area contributed by atoms with Gasteiger partial charge in [0, 0.05) is 50.8 Å². The van der Waals surface area contributed by atoms with Crippen molar-refractivity contribution >= 4 is 77.8 Å². The number of fused-ring (bicyclic) bond motifs is 6. The molecular formula is C61H45N3. The van der Waals surface area contributed by atoms with Gasteiger partial charge in [0.1, 0.15) is 0 Å². The smallest absolute Gasteiger partial charge is 0.0629 e. The molecule has 2 aliphatic rings. The van der Waals surface area contributed by atoms with E-state index in [0.717, 1.165) is 34.1 Å². The molecule has 1 aliphatic carbocycles. The van der Waals surface area contributed by atoms with Gasteiger partial charge in [-0.1, -0.05) is 169 Å². The molecule has 1 heterocycles. The van der Waals surface area contributed by atoms with Gasteiger partial charge >= 0.3 is 0 Å². The first kappa shape index (κ1) is 37.6. The van der Waals surface area contributed by atoms with Crippen LogP contribution in [-0.2, 0) is 0 Å². The van der Waals surface area contributed by atoms with Gasteiger partial charge in [-0.05, 0) is 124 Å². The zero-order valence-electron chi connectivity index (χ0n) is 35.6. The average Bonchev–Trinajstić information content (AvgIpc) is 3.69. The van der Waals surface area contributed by atoms with Crippen molar-refractivity contribution in [3.05, 3.63) is 254 Å². The van der Waals surface area contributed by atoms with Crippen molar-refractivity contribution in [3.63, 3.8) is 0 Å². The molecule has 10 aromatic carbocycles. The largest absolute Gasteiger partial charge is 0.333 e. The number of hydrogen-bond donors (Lipinski definition) is 0. The molecule has 0 aromatic heterocycles. The highest BCUT2D eigenvalue weighted by atomic mass is 15.2. The number of aryl methyl sites for hydroxylation is 1. The van der Waals surface area contributed by atoms with Crippen LogP contribution >= 0.6 is 0 Å². The molecule has 0 bridgehead atoms. The highest BCUT2D eigenvalue weighted by Crippen LogP contribution is 2.51. The number of anilines is 8. The number of rotatable bonds is 8. The Morgan fingerprint density at radius 1 is 0.406 bits per heavy atom. The van der Waals surface area contributed by atoms with E-state index in [4.69, 9.17) is 0 Å². The summed E-state index contributed by atoms with van der Waals surface area (Å²) in [7, 11) is 0. The molecule has 0 saturated heterocycles. The molecule has 64 heavy (non-hydrogen) atoms. The lowest BCUT2D eigenvalue weighted by Gasteiger charge is -2.29. The third-order valence-corrected chi connectivity index (χ3v) is 13.2. The second-order valence-corrected chi connectivity index (χ2v) is 17.0. The van der Waals surface area contributed by atoms with Crippen LogP contribution in [0, 0.1) is 6.92 Å². The summed E-state index contributed by atoms with van der Waals surface area (Å²) in [4.78, 5) is 7.35. The normalized spacial score (nSPS) is 15.1. The lowest BCUT2D eigenvalue weighted by molar-refractivity contribution is 0.745. The third-order valence-electron chi connectivity index (χ3n) is 13.2. The van der Waals surface area contributed by atoms with Crippen molar-refractivity contribution in [2.75, 3.05) is 14.7 Å². The van der Waals surface area contributed by atoms with Gasteiger partial charge < -0.3 is 14.7 Å². The Kier molecular flexibility index (Phi) is 9.19. The van der Waals surface area contributed by atoms with Crippen molar-refractivity contribution < 1.29 is 0 Å². The molecule has 12 rings (SSSR count). The molecule has 3 heteroatoms. The van der Waals surface area contributed by atoms with Gasteiger partial charge in [0.2, 0.25) is 0 Å². The summed E-state index contributed by atoms with van der Waals surface area (Å²) in [6.45, 7) is 2.16. The fourth-order valence-electron chi connectivity index (χ4n) is 10.1. The number of benzene rings is 10. The van der Waals surface area contributed by atoms with Gasteiger partial charge in [-0.25, -0.2) is 0 Å². The first-order chi connectivity index (χ1) is 31.7. The molecule has 3 nitrogen and oxygen atoms in total. The highest BCUT2D eigenvalue weighted by Gasteiger charge is 2.38. The molecule has 2 atom stereocenters. The van der Waals surface area contributed by atoms with Gasteiger partial charge in [0.25, 0.3) is 0 Å². The average molecular weight is 820 g/mol. The maximum absolute atomic E-state index is 2.50. The highest BCUT2D eigenvalue weighted by molar-refractivity contribution is 6.07. The van der Waals surface area contributed by atoms with Crippen LogP contribution in [0.5, 0.6) is 0 Å². The molecular weight excluding hydrogens is 775 g/mol. The number of para-hydroxylation sites is 1. The summed E-state index contributed by atoms with van der Waals surface area (Å²) in [6, 6.07) is 80.3. The minimum absolute atomic E-state index is 0.226. The number of nitrogens with zero attached hydrogens (tertiary/aromatic N) is 3. The minimum Gasteiger partial charge on any atom is -0.333 e. The number of hydrogen-bond acceptors (Lipinski definition) is 3. The minimum atomic E-state index is 0.226. The van der Waals surface area contributed by atoms with Crippen LogP contribution in [0.4, 0.5) is 45.5 Å². The molecule has 0 N–H and O–H groups in total. The van der Waals surface area contributed by atoms with Crippen LogP contribution in [0.25, 0.3) is 43.4 Å². The van der Waals surface area contributed by atoms with E-state index in [9.17, 15) is 0 Å². The van der Waals surface area contributed by atoms with Crippen molar-refractivity contribution in [1.29, 1.82) is 0 Å². The van der Waals surface area contributed by atoms with Gasteiger partial charge in [0.15, 0.2) is 0 Å². The van der Waals surface area contributed by atoms with Crippen molar-refractivity contribution in [1.82, 2.24) is 0 Å². The first-order valence-electron chi connectivity index (χ1n) is 22.3. The Bertz CT molecular complexity index is 3420. The van der Waals surface area contributed by atoms with E-state index in [1.165, 1.54) is 65.9 Å². The second kappa shape index (κ2) is 15.6. The van der Waals surface area contributed by atoms with Crippen molar-refractivity contribution in [3.8, 4) is 11.1 Å². The van der Waals surface area contributed by atoms with Crippen molar-refractivity contribution in [2.45, 2.75) is 18.9 Å². The first-order valence-corrected chi connectivity index (χ1v) is 22.3. The van der Waals surface area contributed by atoms with Crippen LogP contribution < -0.4 is 14.7 Å². The monoisotopic (exact) mass is 819 g/mol. The molecule has 10 aromatic rings. The Labute approximate surface area is 374 Å². The third kappa shape index (κ3) is 6.44. The van der Waals surface area contributed by atoms with Crippen LogP contribution in [0.2, 0.25) is 0 Å². The molecule has 0 amide bonds. The maximum atomic E-state index is 2.50. The standard InChI is InChI=1S/C61H45N3/c1-42-26-31-48(32-27-42)63(51-36-38-61-57(41-51)56-23-11-12-24-59(56)64(61)47-18-3-2-4-19-47)60-39-37-52(54-21-9-10-22-55(54)60)45-29-33-49(34-30-45)62(50-35-28-43-14-5-6-16-46(43)40-50)58-25-13-17-44-15-7-8-20-53(44)58/h2-41,56,59H,1H3. The summed E-state index contributed by atoms with van der Waals surface area (Å²) in [6.07, 6.45) is 9.10. The van der Waals surface area contributed by atoms with E-state index in [1.807, 2.05) is 0 Å². The zero-order valence-corrected chi connectivity index (χ0v) is 35.6. The Hall–Kier alpha value is -8.14. The summed E-state index contributed by atoms with van der Waals surface area (Å²) in [5.74, 6) is 0.250. The Balaban J connectivity index is 0.968. The molecule has 0 fully saturated rings. The molecule has 0 saturated carbocycles. The summed E-state index contributed by atoms with van der Waals surface area (Å²) in [5.41, 5.74) is 14.2. The fourth-order valence-corrected chi connectivity index (χ4v) is 10.1. The van der Waals surface area contributed by atoms with E-state index in [-0.39, 0.29) is 12.0 Å². The summed E-state index contributed by atoms with van der Waals surface area (Å²) < 4.78 is 0. The van der Waals surface area contributed by atoms with E-state index in [0.29, 0.717) is 0 Å². The van der Waals surface area contributed by atoms with Gasteiger partial charge in [-0.2, -0.15) is 0 Å². The topological polar surface area (TPSA) is 9.72 Å². The van der Waals surface area contributed by atoms with Gasteiger partial charge in [0.05, 0.1) is 17.4 Å². The predicted molar refractivity (Wildman–Crippen MR) is 272 cm³/mol. The van der Waals surface area contributed by atoms with Crippen LogP contribution in [0.15, 0.2) is 243 Å². The zero-order chi connectivity index (χ0) is 42.6. The Morgan fingerprint density at radius 2 is 1.00 bits per heavy atom. The second-order valence-electron chi connectivity index (χ2n) is 17.0. The van der Waals surface area contributed by atoms with E-state index in [1.54, 1.807) is 0 Å². The quantitative estimate of drug-likeness (QED) is 0.151. The SMILES string of the molecule is Cc1ccc(N(c2ccc3c(c2)C2C=CC=CC2N3c2ccccc2)c2ccc(-c3ccc(N(c4ccc5ccccc5c4)c4cccc5ccccc45)cc3)c3ccccc23)cc1. The molecule has 0 spiro atoms. The van der Waals surface area contributed by atoms with Gasteiger partial charge in [-0.3, -0.25) is 0 Å². The molecule has 304 valence electrons. The predicted octanol–water partition coefficient (Wildman–Crippen LogP) is 16.8. The lowest BCUT2D eigenvalue weighted by Crippen LogP contribution is -2.28. The molecule has 0 radical (unpaired) electrons. The van der Waals surface area contributed by atoms with Crippen LogP contribution in [-0.4, -0.2) is 6.04 Å². The lowest BCUT2D eigenvalue weighted by atomic mass is 9.91. The van der Waals surface area contributed by atoms with Crippen molar-refractivity contribution in [2.24, 2.45) is 0 Å². The van der Waals surface area contributed by atoms with E-state index >= 15 is 0 Å². The number of allylic oxidation sites excluding steroid dienone is 2. The molecule has 1 aliphatic heterocycles. The summed E-state index contributed by atoms with van der Waals surface area (Å²) >= 11 is 0. The summed E-state index contributed by atoms with van der Waals surface area (Å²) in [5, 5.41) is 7.29. The fraction of sp³-hybridized carbons (Fsp3) is 0.0492. The van der Waals surface area contributed by atoms with Crippen LogP contribution in [0.1, 0.15) is 17.0 Å². The van der Waals surface area contributed by atoms with E-state index in [2.05, 4.69) is 264 Å². The van der Waals surface area contributed by atoms with E-state index < -0.39 is 0 Å². The van der Waals surface area contributed by atoms with Gasteiger partial charge in [-0.15, -0.1) is 0 Å². The van der Waals surface area contributed by atoms with Crippen LogP contribution in [0.3, 0.4) is 0 Å². The maximum Gasteiger partial charge on any atom is 0.0629 e. The Morgan fingerprint density at radius 3 is 1.80 bits per heavy atom.